The maximum Gasteiger partial charge on any atom is 0.279 e. The SMILES string of the molecule is C=Cc1cc2c3nc(c(=O)n(COCC[Si](C)(C)C)c3c1)-c1cccc3c(=O)n(sc13)C(C)CCCCO2. The summed E-state index contributed by atoms with van der Waals surface area (Å²) in [6.07, 6.45) is 4.41. The minimum absolute atomic E-state index is 0.0161. The van der Waals surface area contributed by atoms with E-state index in [9.17, 15) is 9.59 Å². The lowest BCUT2D eigenvalue weighted by molar-refractivity contribution is 0.0878. The number of rotatable bonds is 6. The molecule has 2 aromatic carbocycles. The van der Waals surface area contributed by atoms with Gasteiger partial charge in [0.1, 0.15) is 23.7 Å². The van der Waals surface area contributed by atoms with Crippen LogP contribution in [0.3, 0.4) is 0 Å². The minimum atomic E-state index is -1.29. The van der Waals surface area contributed by atoms with E-state index >= 15 is 0 Å². The Morgan fingerprint density at radius 1 is 1.21 bits per heavy atom. The third-order valence-corrected chi connectivity index (χ3v) is 10.1. The lowest BCUT2D eigenvalue weighted by Crippen LogP contribution is -2.27. The van der Waals surface area contributed by atoms with Crippen molar-refractivity contribution in [1.82, 2.24) is 13.5 Å². The molecule has 0 amide bonds. The summed E-state index contributed by atoms with van der Waals surface area (Å²) < 4.78 is 16.6. The molecule has 0 saturated heterocycles. The molecule has 3 heterocycles. The minimum Gasteiger partial charge on any atom is -0.491 e. The molecule has 0 N–H and O–H groups in total. The highest BCUT2D eigenvalue weighted by Crippen LogP contribution is 2.34. The number of aromatic nitrogens is 3. The first-order chi connectivity index (χ1) is 18.2. The molecule has 1 aliphatic rings. The van der Waals surface area contributed by atoms with E-state index in [2.05, 4.69) is 33.1 Å². The van der Waals surface area contributed by atoms with E-state index in [0.29, 0.717) is 46.6 Å². The third-order valence-electron chi connectivity index (χ3n) is 7.06. The van der Waals surface area contributed by atoms with Gasteiger partial charge < -0.3 is 9.47 Å². The molecule has 200 valence electrons. The van der Waals surface area contributed by atoms with Crippen molar-refractivity contribution in [2.45, 2.75) is 64.6 Å². The van der Waals surface area contributed by atoms with Crippen LogP contribution < -0.4 is 15.9 Å². The molecule has 0 radical (unpaired) electrons. The quantitative estimate of drug-likeness (QED) is 0.202. The van der Waals surface area contributed by atoms with Crippen LogP contribution in [0.5, 0.6) is 5.75 Å². The average molecular weight is 550 g/mol. The lowest BCUT2D eigenvalue weighted by Gasteiger charge is -2.19. The van der Waals surface area contributed by atoms with Gasteiger partial charge in [-0.25, -0.2) is 4.98 Å². The molecular weight excluding hydrogens is 514 g/mol. The fraction of sp³-hybridized carbons (Fsp3) is 0.414. The average Bonchev–Trinajstić information content (AvgIpc) is 3.22. The first-order valence-electron chi connectivity index (χ1n) is 13.2. The molecule has 1 atom stereocenters. The predicted molar refractivity (Wildman–Crippen MR) is 159 cm³/mol. The smallest absolute Gasteiger partial charge is 0.279 e. The normalized spacial score (nSPS) is 16.2. The zero-order chi connectivity index (χ0) is 27.0. The Bertz CT molecular complexity index is 1630. The van der Waals surface area contributed by atoms with Gasteiger partial charge in [0.2, 0.25) is 0 Å². The topological polar surface area (TPSA) is 75.4 Å². The van der Waals surface area contributed by atoms with Crippen LogP contribution in [0.2, 0.25) is 25.7 Å². The Hall–Kier alpha value is -3.01. The molecule has 4 bridgehead atoms. The summed E-state index contributed by atoms with van der Waals surface area (Å²) in [4.78, 5) is 32.3. The van der Waals surface area contributed by atoms with Gasteiger partial charge in [-0.15, -0.1) is 0 Å². The van der Waals surface area contributed by atoms with Crippen LogP contribution >= 0.6 is 11.5 Å². The summed E-state index contributed by atoms with van der Waals surface area (Å²) in [5.41, 5.74) is 2.80. The first kappa shape index (κ1) is 26.6. The van der Waals surface area contributed by atoms with Gasteiger partial charge in [0, 0.05) is 26.3 Å². The Morgan fingerprint density at radius 2 is 2.03 bits per heavy atom. The summed E-state index contributed by atoms with van der Waals surface area (Å²) in [6, 6.07) is 10.4. The van der Waals surface area contributed by atoms with E-state index < -0.39 is 8.07 Å². The second-order valence-corrected chi connectivity index (χ2v) is 17.8. The molecule has 2 aromatic heterocycles. The molecule has 1 aliphatic heterocycles. The molecular formula is C29H35N3O4SSi. The monoisotopic (exact) mass is 549 g/mol. The molecule has 4 aromatic rings. The summed E-state index contributed by atoms with van der Waals surface area (Å²) >= 11 is 1.42. The van der Waals surface area contributed by atoms with Crippen molar-refractivity contribution in [2.75, 3.05) is 13.2 Å². The summed E-state index contributed by atoms with van der Waals surface area (Å²) in [6.45, 7) is 14.1. The number of fused-ring (bicyclic) bond motifs is 3. The third kappa shape index (κ3) is 5.15. The van der Waals surface area contributed by atoms with Crippen LogP contribution in [0.15, 0.2) is 46.5 Å². The summed E-state index contributed by atoms with van der Waals surface area (Å²) in [5, 5.41) is 0.618. The maximum absolute atomic E-state index is 14.1. The molecule has 38 heavy (non-hydrogen) atoms. The van der Waals surface area contributed by atoms with Crippen LogP contribution in [0.1, 0.15) is 37.8 Å². The van der Waals surface area contributed by atoms with Crippen molar-refractivity contribution in [3.05, 3.63) is 63.2 Å². The van der Waals surface area contributed by atoms with E-state index in [1.807, 2.05) is 34.3 Å². The lowest BCUT2D eigenvalue weighted by atomic mass is 10.1. The number of hydrogen-bond acceptors (Lipinski definition) is 6. The van der Waals surface area contributed by atoms with E-state index in [4.69, 9.17) is 14.5 Å². The zero-order valence-electron chi connectivity index (χ0n) is 22.6. The Labute approximate surface area is 227 Å². The van der Waals surface area contributed by atoms with Crippen molar-refractivity contribution < 1.29 is 9.47 Å². The van der Waals surface area contributed by atoms with Crippen LogP contribution in [-0.4, -0.2) is 34.8 Å². The van der Waals surface area contributed by atoms with Gasteiger partial charge in [0.15, 0.2) is 0 Å². The highest BCUT2D eigenvalue weighted by Gasteiger charge is 2.22. The van der Waals surface area contributed by atoms with Gasteiger partial charge in [-0.1, -0.05) is 56.0 Å². The van der Waals surface area contributed by atoms with Gasteiger partial charge in [-0.05, 0) is 56.0 Å². The second-order valence-electron chi connectivity index (χ2n) is 11.2. The van der Waals surface area contributed by atoms with Gasteiger partial charge in [0.25, 0.3) is 11.1 Å². The Balaban J connectivity index is 1.77. The van der Waals surface area contributed by atoms with Crippen LogP contribution in [0.4, 0.5) is 0 Å². The van der Waals surface area contributed by atoms with Crippen LogP contribution in [-0.2, 0) is 11.5 Å². The van der Waals surface area contributed by atoms with Crippen molar-refractivity contribution in [1.29, 1.82) is 0 Å². The Morgan fingerprint density at radius 3 is 2.79 bits per heavy atom. The zero-order valence-corrected chi connectivity index (χ0v) is 24.4. The molecule has 0 spiro atoms. The van der Waals surface area contributed by atoms with Gasteiger partial charge in [-0.3, -0.25) is 18.1 Å². The maximum atomic E-state index is 14.1. The fourth-order valence-corrected chi connectivity index (χ4v) is 6.71. The standard InChI is InChI=1S/C29H35N3O4SSi/c1-6-20-16-23-26-24(17-20)36-13-8-7-10-19(2)32-28(33)22-12-9-11-21(27(22)37-32)25(30-26)29(34)31(23)18-35-14-15-38(3,4)5/h6,9,11-12,16-17,19H,1,7-8,10,13-15,18H2,2-5H3. The van der Waals surface area contributed by atoms with Crippen molar-refractivity contribution in [2.24, 2.45) is 0 Å². The fourth-order valence-electron chi connectivity index (χ4n) is 4.77. The van der Waals surface area contributed by atoms with E-state index in [0.717, 1.165) is 35.6 Å². The van der Waals surface area contributed by atoms with Gasteiger partial charge in [0.05, 0.1) is 22.2 Å². The van der Waals surface area contributed by atoms with Crippen LogP contribution in [0.25, 0.3) is 38.5 Å². The van der Waals surface area contributed by atoms with E-state index in [-0.39, 0.29) is 23.9 Å². The number of nitrogens with zero attached hydrogens (tertiary/aromatic N) is 3. The molecule has 5 rings (SSSR count). The van der Waals surface area contributed by atoms with Gasteiger partial charge in [-0.2, -0.15) is 0 Å². The van der Waals surface area contributed by atoms with Crippen molar-refractivity contribution in [3.8, 4) is 17.0 Å². The highest BCUT2D eigenvalue weighted by molar-refractivity contribution is 7.14. The summed E-state index contributed by atoms with van der Waals surface area (Å²) in [7, 11) is -1.29. The molecule has 0 aliphatic carbocycles. The molecule has 1 unspecified atom stereocenters. The number of ether oxygens (including phenoxy) is 2. The first-order valence-corrected chi connectivity index (χ1v) is 17.7. The summed E-state index contributed by atoms with van der Waals surface area (Å²) in [5.74, 6) is 0.623. The van der Waals surface area contributed by atoms with Crippen molar-refractivity contribution in [3.63, 3.8) is 0 Å². The second kappa shape index (κ2) is 10.6. The van der Waals surface area contributed by atoms with Crippen molar-refractivity contribution >= 4 is 46.8 Å². The highest BCUT2D eigenvalue weighted by atomic mass is 32.1. The number of hydrogen-bond donors (Lipinski definition) is 0. The van der Waals surface area contributed by atoms with Crippen LogP contribution in [0, 0.1) is 0 Å². The molecule has 0 saturated carbocycles. The largest absolute Gasteiger partial charge is 0.491 e. The van der Waals surface area contributed by atoms with E-state index in [1.165, 1.54) is 11.5 Å². The number of benzene rings is 2. The predicted octanol–water partition coefficient (Wildman–Crippen LogP) is 6.52. The molecule has 9 heteroatoms. The van der Waals surface area contributed by atoms with E-state index in [1.54, 1.807) is 10.6 Å². The Kier molecular flexibility index (Phi) is 7.44. The molecule has 7 nitrogen and oxygen atoms in total. The van der Waals surface area contributed by atoms with Gasteiger partial charge >= 0.3 is 0 Å². The molecule has 0 fully saturated rings.